The number of nitrogens with zero attached hydrogens (tertiary/aromatic N) is 4. The predicted molar refractivity (Wildman–Crippen MR) is 117 cm³/mol. The van der Waals surface area contributed by atoms with Crippen molar-refractivity contribution >= 4 is 22.3 Å². The Bertz CT molecular complexity index is 1480. The van der Waals surface area contributed by atoms with Gasteiger partial charge in [0.1, 0.15) is 11.8 Å². The number of pyridine rings is 1. The average Bonchev–Trinajstić information content (AvgIpc) is 3.20. The van der Waals surface area contributed by atoms with Gasteiger partial charge in [0.2, 0.25) is 0 Å². The first-order chi connectivity index (χ1) is 15.6. The molecule has 8 heteroatoms. The van der Waals surface area contributed by atoms with Crippen LogP contribution in [0.5, 0.6) is 0 Å². The van der Waals surface area contributed by atoms with E-state index in [4.69, 9.17) is 0 Å². The number of benzene rings is 1. The zero-order valence-electron chi connectivity index (χ0n) is 17.2. The molecule has 1 aromatic carbocycles. The van der Waals surface area contributed by atoms with Gasteiger partial charge in [0.05, 0.1) is 22.8 Å². The Morgan fingerprint density at radius 3 is 2.72 bits per heavy atom. The molecule has 2 N–H and O–H groups in total. The van der Waals surface area contributed by atoms with E-state index in [0.29, 0.717) is 28.2 Å². The topological polar surface area (TPSA) is 116 Å². The number of nitriles is 1. The summed E-state index contributed by atoms with van der Waals surface area (Å²) in [5, 5.41) is 20.9. The molecule has 2 fully saturated rings. The molecular weight excluding hydrogens is 404 g/mol. The van der Waals surface area contributed by atoms with Crippen molar-refractivity contribution in [3.05, 3.63) is 76.1 Å². The second-order valence-corrected chi connectivity index (χ2v) is 9.04. The van der Waals surface area contributed by atoms with Crippen LogP contribution in [-0.4, -0.2) is 31.5 Å². The molecule has 1 spiro atoms. The van der Waals surface area contributed by atoms with Crippen LogP contribution >= 0.6 is 0 Å². The Morgan fingerprint density at radius 2 is 1.94 bits per heavy atom. The molecule has 3 heterocycles. The maximum Gasteiger partial charge on any atom is 0.272 e. The Hall–Kier alpha value is -3.99. The number of carbonyl (C=O) groups excluding carboxylic acids is 1. The molecule has 1 amide bonds. The summed E-state index contributed by atoms with van der Waals surface area (Å²) in [5.41, 5.74) is 2.44. The Morgan fingerprint density at radius 1 is 1.16 bits per heavy atom. The van der Waals surface area contributed by atoms with Crippen molar-refractivity contribution in [2.45, 2.75) is 37.6 Å². The van der Waals surface area contributed by atoms with Gasteiger partial charge in [0, 0.05) is 23.5 Å². The highest BCUT2D eigenvalue weighted by Crippen LogP contribution is 2.62. The Labute approximate surface area is 182 Å². The summed E-state index contributed by atoms with van der Waals surface area (Å²) in [6.45, 7) is 0. The Balaban J connectivity index is 1.12. The molecule has 0 aliphatic heterocycles. The van der Waals surface area contributed by atoms with Gasteiger partial charge in [-0.15, -0.1) is 0 Å². The maximum atomic E-state index is 12.8. The Kier molecular flexibility index (Phi) is 3.96. The average molecular weight is 424 g/mol. The van der Waals surface area contributed by atoms with Crippen molar-refractivity contribution in [3.63, 3.8) is 0 Å². The van der Waals surface area contributed by atoms with Crippen LogP contribution in [0.15, 0.2) is 53.6 Å². The monoisotopic (exact) mass is 424 g/mol. The fraction of sp³-hybridized carbons (Fsp3) is 0.292. The summed E-state index contributed by atoms with van der Waals surface area (Å²) in [4.78, 5) is 29.1. The third-order valence-electron chi connectivity index (χ3n) is 7.05. The molecule has 2 aliphatic carbocycles. The third-order valence-corrected chi connectivity index (χ3v) is 7.05. The van der Waals surface area contributed by atoms with Crippen LogP contribution in [0, 0.1) is 16.7 Å². The molecule has 0 bridgehead atoms. The largest absolute Gasteiger partial charge is 0.348 e. The normalized spacial score (nSPS) is 24.1. The van der Waals surface area contributed by atoms with Gasteiger partial charge in [-0.05, 0) is 49.3 Å². The first-order valence-corrected chi connectivity index (χ1v) is 10.7. The van der Waals surface area contributed by atoms with Crippen LogP contribution in [0.3, 0.4) is 0 Å². The van der Waals surface area contributed by atoms with Crippen molar-refractivity contribution in [1.82, 2.24) is 24.9 Å². The number of hydrogen-bond donors (Lipinski definition) is 2. The van der Waals surface area contributed by atoms with E-state index >= 15 is 0 Å². The van der Waals surface area contributed by atoms with Crippen LogP contribution in [0.1, 0.15) is 53.3 Å². The van der Waals surface area contributed by atoms with Gasteiger partial charge in [0.15, 0.2) is 5.65 Å². The summed E-state index contributed by atoms with van der Waals surface area (Å²) in [7, 11) is 0. The van der Waals surface area contributed by atoms with E-state index in [1.54, 1.807) is 22.7 Å². The first-order valence-electron chi connectivity index (χ1n) is 10.7. The molecule has 0 saturated heterocycles. The molecule has 32 heavy (non-hydrogen) atoms. The number of hydrogen-bond acceptors (Lipinski definition) is 5. The van der Waals surface area contributed by atoms with Crippen molar-refractivity contribution in [1.29, 1.82) is 5.26 Å². The summed E-state index contributed by atoms with van der Waals surface area (Å²) in [5.74, 6) is 0.160. The smallest absolute Gasteiger partial charge is 0.272 e. The van der Waals surface area contributed by atoms with E-state index in [9.17, 15) is 14.9 Å². The van der Waals surface area contributed by atoms with Crippen LogP contribution in [0.25, 0.3) is 16.4 Å². The number of carbonyl (C=O) groups is 1. The van der Waals surface area contributed by atoms with Gasteiger partial charge in [0.25, 0.3) is 11.5 Å². The minimum Gasteiger partial charge on any atom is -0.348 e. The molecule has 0 atom stereocenters. The van der Waals surface area contributed by atoms with Crippen LogP contribution < -0.4 is 10.9 Å². The molecule has 3 aromatic heterocycles. The number of imidazole rings is 1. The fourth-order valence-corrected chi connectivity index (χ4v) is 5.57. The lowest BCUT2D eigenvalue weighted by molar-refractivity contribution is -0.0197. The number of nitrogens with one attached hydrogen (secondary N) is 2. The summed E-state index contributed by atoms with van der Waals surface area (Å²) < 4.78 is 1.66. The number of aromatic nitrogens is 4. The van der Waals surface area contributed by atoms with Gasteiger partial charge in [-0.2, -0.15) is 10.4 Å². The highest BCUT2D eigenvalue weighted by Gasteiger charge is 2.54. The number of amides is 1. The standard InChI is InChI=1S/C24H20N6O2/c25-12-14-4-3-7-30-19(13-26-21(14)30)23(32)27-16-10-24(11-16)8-15(9-24)20-17-5-1-2-6-18(17)22(31)29-28-20/h1-7,13,15-16H,8-11H2,(H,27,32)(H,29,31)/t15-,16-,24?. The van der Waals surface area contributed by atoms with Crippen molar-refractivity contribution in [2.75, 3.05) is 0 Å². The van der Waals surface area contributed by atoms with Gasteiger partial charge in [-0.1, -0.05) is 18.2 Å². The number of rotatable bonds is 3. The van der Waals surface area contributed by atoms with E-state index in [1.807, 2.05) is 24.3 Å². The maximum absolute atomic E-state index is 12.8. The second kappa shape index (κ2) is 6.76. The number of fused-ring (bicyclic) bond motifs is 2. The van der Waals surface area contributed by atoms with Gasteiger partial charge in [-0.3, -0.25) is 14.0 Å². The minimum absolute atomic E-state index is 0.133. The van der Waals surface area contributed by atoms with Crippen molar-refractivity contribution < 1.29 is 4.79 Å². The second-order valence-electron chi connectivity index (χ2n) is 9.04. The van der Waals surface area contributed by atoms with E-state index in [2.05, 4.69) is 26.6 Å². The van der Waals surface area contributed by atoms with Gasteiger partial charge < -0.3 is 5.32 Å². The molecule has 6 rings (SSSR count). The molecular formula is C24H20N6O2. The number of aromatic amines is 1. The summed E-state index contributed by atoms with van der Waals surface area (Å²) in [6.07, 6.45) is 7.19. The van der Waals surface area contributed by atoms with E-state index in [-0.39, 0.29) is 22.9 Å². The number of H-pyrrole nitrogens is 1. The summed E-state index contributed by atoms with van der Waals surface area (Å²) in [6, 6.07) is 13.3. The van der Waals surface area contributed by atoms with Crippen LogP contribution in [0.4, 0.5) is 0 Å². The highest BCUT2D eigenvalue weighted by molar-refractivity contribution is 5.93. The quantitative estimate of drug-likeness (QED) is 0.525. The molecule has 158 valence electrons. The lowest BCUT2D eigenvalue weighted by atomic mass is 9.49. The summed E-state index contributed by atoms with van der Waals surface area (Å²) >= 11 is 0. The zero-order valence-corrected chi connectivity index (χ0v) is 17.2. The van der Waals surface area contributed by atoms with E-state index in [0.717, 1.165) is 36.8 Å². The zero-order chi connectivity index (χ0) is 21.9. The van der Waals surface area contributed by atoms with Gasteiger partial charge >= 0.3 is 0 Å². The molecule has 8 nitrogen and oxygen atoms in total. The molecule has 2 aliphatic rings. The lowest BCUT2D eigenvalue weighted by Crippen LogP contribution is -2.55. The van der Waals surface area contributed by atoms with Crippen LogP contribution in [0.2, 0.25) is 0 Å². The molecule has 4 aromatic rings. The van der Waals surface area contributed by atoms with Crippen molar-refractivity contribution in [3.8, 4) is 6.07 Å². The van der Waals surface area contributed by atoms with Crippen molar-refractivity contribution in [2.24, 2.45) is 5.41 Å². The van der Waals surface area contributed by atoms with Crippen LogP contribution in [-0.2, 0) is 0 Å². The first kappa shape index (κ1) is 18.8. The predicted octanol–water partition coefficient (Wildman–Crippen LogP) is 2.90. The minimum atomic E-state index is -0.170. The van der Waals surface area contributed by atoms with E-state index < -0.39 is 0 Å². The van der Waals surface area contributed by atoms with Gasteiger partial charge in [-0.25, -0.2) is 10.1 Å². The lowest BCUT2D eigenvalue weighted by Gasteiger charge is -2.57. The SMILES string of the molecule is N#Cc1cccn2c(C(=O)N[C@H]3CC4(C3)C[C@H](c3n[nH]c(=O)c5ccccc53)C4)cnc12. The molecule has 0 unspecified atom stereocenters. The van der Waals surface area contributed by atoms with E-state index in [1.165, 1.54) is 6.20 Å². The third kappa shape index (κ3) is 2.74. The fourth-order valence-electron chi connectivity index (χ4n) is 5.57. The highest BCUT2D eigenvalue weighted by atomic mass is 16.2. The molecule has 2 saturated carbocycles. The molecule has 0 radical (unpaired) electrons.